The van der Waals surface area contributed by atoms with E-state index in [-0.39, 0.29) is 89.7 Å². The maximum Gasteiger partial charge on any atom is 0.310 e. The molecule has 0 aromatic heterocycles. The molecule has 46 heavy (non-hydrogen) atoms. The van der Waals surface area contributed by atoms with Crippen LogP contribution in [0.15, 0.2) is 30.3 Å². The number of Topliss-reactive ketones (excluding diaryl/α,β-unsaturated/α-hetero) is 3. The predicted octanol–water partition coefficient (Wildman–Crippen LogP) is 4.72. The molecule has 1 aliphatic heterocycles. The lowest BCUT2D eigenvalue weighted by Gasteiger charge is -2.58. The van der Waals surface area contributed by atoms with Crippen molar-refractivity contribution in [2.45, 2.75) is 103 Å². The van der Waals surface area contributed by atoms with Crippen LogP contribution in [0.3, 0.4) is 0 Å². The van der Waals surface area contributed by atoms with Crippen LogP contribution in [-0.4, -0.2) is 49.0 Å². The molecule has 2 N–H and O–H groups in total. The van der Waals surface area contributed by atoms with Gasteiger partial charge in [-0.25, -0.2) is 0 Å². The van der Waals surface area contributed by atoms with E-state index in [2.05, 4.69) is 26.1 Å². The van der Waals surface area contributed by atoms with Gasteiger partial charge in [-0.05, 0) is 66.3 Å². The first kappa shape index (κ1) is 33.0. The third-order valence-electron chi connectivity index (χ3n) is 13.4. The van der Waals surface area contributed by atoms with Crippen molar-refractivity contribution in [3.63, 3.8) is 0 Å². The van der Waals surface area contributed by atoms with Gasteiger partial charge < -0.3 is 14.8 Å². The number of benzene rings is 1. The molecule has 1 saturated heterocycles. The highest BCUT2D eigenvalue weighted by atomic mass is 16.6. The number of hydrogen-bond acceptors (Lipinski definition) is 7. The second kappa shape index (κ2) is 13.0. The topological polar surface area (TPSA) is 120 Å². The van der Waals surface area contributed by atoms with E-state index in [9.17, 15) is 24.0 Å². The normalized spacial score (nSPS) is 35.8. The highest BCUT2D eigenvalue weighted by Crippen LogP contribution is 2.66. The fraction of sp³-hybridized carbons (Fsp3) is 0.711. The van der Waals surface area contributed by atoms with Crippen LogP contribution in [-0.2, 0) is 39.0 Å². The number of carbonyl (C=O) groups is 5. The molecule has 8 nitrogen and oxygen atoms in total. The standard InChI is InChI=1S/C38H51NO7/c1-24(9-12-33(43)45-20-14-34(44)46-38(16-18-39-19-17-38)25-7-5-4-6-8-25)28-10-11-29-35-30(23-32(42)37(28,29)3)36(2)15-13-27(40)21-26(36)22-31(35)41/h4-8,24,26,28-30,35,39H,9-23H2,1-3H3/p+1/t24-,26+,28-,29+,30+,35+,36+,37-/m1/s1. The minimum Gasteiger partial charge on any atom is -0.465 e. The number of nitrogens with two attached hydrogens (primary N) is 1. The molecular formula is C38H52NO7+. The first-order chi connectivity index (χ1) is 22.0. The van der Waals surface area contributed by atoms with Gasteiger partial charge in [0.25, 0.3) is 0 Å². The number of carbonyl (C=O) groups excluding carboxylic acids is 5. The van der Waals surface area contributed by atoms with Gasteiger partial charge >= 0.3 is 11.9 Å². The Kier molecular flexibility index (Phi) is 9.32. The summed E-state index contributed by atoms with van der Waals surface area (Å²) in [7, 11) is 0. The molecule has 5 fully saturated rings. The van der Waals surface area contributed by atoms with Gasteiger partial charge in [0.2, 0.25) is 0 Å². The molecule has 1 heterocycles. The highest BCUT2D eigenvalue weighted by molar-refractivity contribution is 5.93. The zero-order valence-electron chi connectivity index (χ0n) is 27.9. The summed E-state index contributed by atoms with van der Waals surface area (Å²) in [5.74, 6) is 0.354. The van der Waals surface area contributed by atoms with Crippen LogP contribution in [0.2, 0.25) is 0 Å². The zero-order valence-corrected chi connectivity index (χ0v) is 27.9. The van der Waals surface area contributed by atoms with Gasteiger partial charge in [-0.3, -0.25) is 24.0 Å². The minimum absolute atomic E-state index is 0.0126. The van der Waals surface area contributed by atoms with Gasteiger partial charge in [-0.15, -0.1) is 0 Å². The number of piperidine rings is 1. The molecular weight excluding hydrogens is 582 g/mol. The molecule has 0 unspecified atom stereocenters. The number of ether oxygens (including phenoxy) is 2. The monoisotopic (exact) mass is 634 g/mol. The minimum atomic E-state index is -0.630. The predicted molar refractivity (Wildman–Crippen MR) is 170 cm³/mol. The van der Waals surface area contributed by atoms with Gasteiger partial charge in [-0.1, -0.05) is 51.1 Å². The van der Waals surface area contributed by atoms with Crippen LogP contribution < -0.4 is 5.32 Å². The van der Waals surface area contributed by atoms with Crippen molar-refractivity contribution in [3.8, 4) is 0 Å². The maximum absolute atomic E-state index is 14.0. The smallest absolute Gasteiger partial charge is 0.310 e. The number of hydrogen-bond donors (Lipinski definition) is 1. The van der Waals surface area contributed by atoms with Gasteiger partial charge in [0.1, 0.15) is 29.6 Å². The van der Waals surface area contributed by atoms with E-state index in [0.717, 1.165) is 50.8 Å². The van der Waals surface area contributed by atoms with Crippen LogP contribution in [0.1, 0.15) is 103 Å². The number of rotatable bonds is 9. The third kappa shape index (κ3) is 5.88. The molecule has 4 aliphatic carbocycles. The van der Waals surface area contributed by atoms with Crippen LogP contribution in [0.5, 0.6) is 0 Å². The van der Waals surface area contributed by atoms with Crippen LogP contribution in [0, 0.1) is 46.3 Å². The average molecular weight is 635 g/mol. The Bertz CT molecular complexity index is 1350. The highest BCUT2D eigenvalue weighted by Gasteiger charge is 2.66. The Morgan fingerprint density at radius 2 is 1.65 bits per heavy atom. The SMILES string of the molecule is C[C@H](CCC(=O)OCCC(=O)OC1(c2ccccc2)CC[NH2+]CC1)[C@H]1CC[C@H]2[C@@H]3C(=O)C[C@@H]4CC(=O)CC[C@]4(C)[C@H]3CC(=O)[C@]12C. The van der Waals surface area contributed by atoms with Crippen molar-refractivity contribution in [1.29, 1.82) is 0 Å². The molecule has 250 valence electrons. The second-order valence-corrected chi connectivity index (χ2v) is 15.6. The van der Waals surface area contributed by atoms with Crippen molar-refractivity contribution in [3.05, 3.63) is 35.9 Å². The van der Waals surface area contributed by atoms with Gasteiger partial charge in [0.15, 0.2) is 0 Å². The molecule has 0 radical (unpaired) electrons. The largest absolute Gasteiger partial charge is 0.465 e. The number of fused-ring (bicyclic) bond motifs is 5. The Hall–Kier alpha value is -2.87. The summed E-state index contributed by atoms with van der Waals surface area (Å²) in [5.41, 5.74) is -0.312. The van der Waals surface area contributed by atoms with E-state index in [1.807, 2.05) is 30.3 Å². The summed E-state index contributed by atoms with van der Waals surface area (Å²) in [6, 6.07) is 9.90. The second-order valence-electron chi connectivity index (χ2n) is 15.6. The zero-order chi connectivity index (χ0) is 32.7. The Labute approximate surface area is 273 Å². The third-order valence-corrected chi connectivity index (χ3v) is 13.4. The fourth-order valence-electron chi connectivity index (χ4n) is 10.7. The van der Waals surface area contributed by atoms with E-state index >= 15 is 0 Å². The first-order valence-corrected chi connectivity index (χ1v) is 17.8. The van der Waals surface area contributed by atoms with Crippen molar-refractivity contribution in [2.24, 2.45) is 46.3 Å². The summed E-state index contributed by atoms with van der Waals surface area (Å²) >= 11 is 0. The van der Waals surface area contributed by atoms with Crippen molar-refractivity contribution < 1.29 is 38.8 Å². The summed E-state index contributed by atoms with van der Waals surface area (Å²) in [6.07, 6.45) is 6.80. The fourth-order valence-corrected chi connectivity index (χ4v) is 10.7. The van der Waals surface area contributed by atoms with E-state index in [4.69, 9.17) is 9.47 Å². The summed E-state index contributed by atoms with van der Waals surface area (Å²) in [4.78, 5) is 65.5. The lowest BCUT2D eigenvalue weighted by molar-refractivity contribution is -0.668. The van der Waals surface area contributed by atoms with Crippen LogP contribution in [0.4, 0.5) is 0 Å². The van der Waals surface area contributed by atoms with Crippen molar-refractivity contribution in [1.82, 2.24) is 0 Å². The Morgan fingerprint density at radius 3 is 2.39 bits per heavy atom. The number of esters is 2. The molecule has 8 atom stereocenters. The van der Waals surface area contributed by atoms with E-state index < -0.39 is 11.0 Å². The first-order valence-electron chi connectivity index (χ1n) is 17.8. The van der Waals surface area contributed by atoms with Crippen molar-refractivity contribution >= 4 is 29.3 Å². The lowest BCUT2D eigenvalue weighted by atomic mass is 9.44. The van der Waals surface area contributed by atoms with Gasteiger partial charge in [-0.2, -0.15) is 0 Å². The maximum atomic E-state index is 14.0. The van der Waals surface area contributed by atoms with E-state index in [1.54, 1.807) is 0 Å². The Morgan fingerprint density at radius 1 is 0.913 bits per heavy atom. The molecule has 0 spiro atoms. The quantitative estimate of drug-likeness (QED) is 0.391. The Balaban J connectivity index is 1.01. The average Bonchev–Trinajstić information content (AvgIpc) is 3.40. The summed E-state index contributed by atoms with van der Waals surface area (Å²) in [5, 5.41) is 2.23. The number of ketones is 3. The van der Waals surface area contributed by atoms with Gasteiger partial charge in [0.05, 0.1) is 19.5 Å². The van der Waals surface area contributed by atoms with Crippen molar-refractivity contribution in [2.75, 3.05) is 19.7 Å². The van der Waals surface area contributed by atoms with Crippen LogP contribution in [0.25, 0.3) is 0 Å². The number of quaternary nitrogens is 1. The van der Waals surface area contributed by atoms with Crippen LogP contribution >= 0.6 is 0 Å². The van der Waals surface area contributed by atoms with Gasteiger partial charge in [0, 0.05) is 56.3 Å². The molecule has 6 rings (SSSR count). The molecule has 5 aliphatic rings. The van der Waals surface area contributed by atoms with E-state index in [0.29, 0.717) is 32.1 Å². The molecule has 0 amide bonds. The molecule has 1 aromatic carbocycles. The molecule has 0 bridgehead atoms. The van der Waals surface area contributed by atoms with E-state index in [1.165, 1.54) is 0 Å². The summed E-state index contributed by atoms with van der Waals surface area (Å²) in [6.45, 7) is 8.22. The lowest BCUT2D eigenvalue weighted by Crippen LogP contribution is -2.87. The summed E-state index contributed by atoms with van der Waals surface area (Å²) < 4.78 is 11.5. The molecule has 8 heteroatoms. The molecule has 4 saturated carbocycles. The molecule has 1 aromatic rings.